The minimum Gasteiger partial charge on any atom is -0.461 e. The lowest BCUT2D eigenvalue weighted by atomic mass is 9.35. The molecule has 0 amide bonds. The Morgan fingerprint density at radius 2 is 1.33 bits per heavy atom. The van der Waals surface area contributed by atoms with Crippen LogP contribution in [0.4, 0.5) is 0 Å². The molecule has 4 aromatic carbocycles. The zero-order valence-electron chi connectivity index (χ0n) is 37.4. The number of hydrogen-bond donors (Lipinski definition) is 1. The number of hydrogen-bond acceptors (Lipinski definition) is 5. The Kier molecular flexibility index (Phi) is 9.57. The van der Waals surface area contributed by atoms with E-state index in [1.165, 1.54) is 5.57 Å². The van der Waals surface area contributed by atoms with Gasteiger partial charge in [-0.3, -0.25) is 4.79 Å². The monoisotopic (exact) mass is 818 g/mol. The van der Waals surface area contributed by atoms with Crippen molar-refractivity contribution < 1.29 is 24.1 Å². The Balaban J connectivity index is 1.08. The van der Waals surface area contributed by atoms with Crippen molar-refractivity contribution in [2.75, 3.05) is 6.61 Å². The number of esters is 1. The topological polar surface area (TPSA) is 65.0 Å². The number of aliphatic hydroxyl groups is 1. The molecule has 2 heterocycles. The summed E-state index contributed by atoms with van der Waals surface area (Å²) in [6.07, 6.45) is 7.10. The van der Waals surface area contributed by atoms with E-state index in [2.05, 4.69) is 146 Å². The molecule has 2 spiro atoms. The predicted molar refractivity (Wildman–Crippen MR) is 240 cm³/mol. The first-order valence-electron chi connectivity index (χ1n) is 23.3. The molecule has 5 aliphatic carbocycles. The van der Waals surface area contributed by atoms with E-state index in [-0.39, 0.29) is 45.4 Å². The number of aliphatic hydroxyl groups excluding tert-OH is 1. The molecule has 4 saturated carbocycles. The molecular weight excluding hydrogens is 753 g/mol. The molecule has 0 radical (unpaired) electrons. The maximum Gasteiger partial charge on any atom is 0.310 e. The quantitative estimate of drug-likeness (QED) is 0.0981. The summed E-state index contributed by atoms with van der Waals surface area (Å²) >= 11 is 0. The van der Waals surface area contributed by atoms with Crippen LogP contribution in [0.2, 0.25) is 0 Å². The summed E-state index contributed by atoms with van der Waals surface area (Å²) in [4.78, 5) is 15.0. The molecule has 2 aliphatic heterocycles. The zero-order chi connectivity index (χ0) is 42.6. The third-order valence-corrected chi connectivity index (χ3v) is 18.9. The van der Waals surface area contributed by atoms with Crippen LogP contribution >= 0.6 is 0 Å². The smallest absolute Gasteiger partial charge is 0.310 e. The molecule has 2 saturated heterocycles. The van der Waals surface area contributed by atoms with E-state index in [0.29, 0.717) is 25.0 Å². The van der Waals surface area contributed by atoms with Gasteiger partial charge in [0.15, 0.2) is 0 Å². The average Bonchev–Trinajstić information content (AvgIpc) is 3.96. The lowest BCUT2D eigenvalue weighted by Crippen LogP contribution is -2.72. The highest BCUT2D eigenvalue weighted by Gasteiger charge is 2.89. The van der Waals surface area contributed by atoms with E-state index in [0.717, 1.165) is 60.8 Å². The zero-order valence-corrected chi connectivity index (χ0v) is 37.4. The van der Waals surface area contributed by atoms with Gasteiger partial charge in [0.2, 0.25) is 0 Å². The number of fused-ring (bicyclic) bond motifs is 5. The Bertz CT molecular complexity index is 2200. The van der Waals surface area contributed by atoms with Gasteiger partial charge in [0.05, 0.1) is 18.6 Å². The molecular formula is C56H66O5. The van der Waals surface area contributed by atoms with Crippen LogP contribution in [0.3, 0.4) is 0 Å². The van der Waals surface area contributed by atoms with Crippen molar-refractivity contribution in [3.05, 3.63) is 155 Å². The summed E-state index contributed by atoms with van der Waals surface area (Å²) in [5, 5.41) is 12.9. The summed E-state index contributed by atoms with van der Waals surface area (Å²) in [6.45, 7) is 17.5. The number of carbonyl (C=O) groups is 1. The third kappa shape index (κ3) is 5.45. The van der Waals surface area contributed by atoms with Gasteiger partial charge in [0.25, 0.3) is 0 Å². The van der Waals surface area contributed by atoms with Gasteiger partial charge in [-0.1, -0.05) is 181 Å². The van der Waals surface area contributed by atoms with Crippen LogP contribution < -0.4 is 0 Å². The van der Waals surface area contributed by atoms with Crippen LogP contribution in [-0.4, -0.2) is 35.5 Å². The Hall–Kier alpha value is -4.03. The van der Waals surface area contributed by atoms with Crippen molar-refractivity contribution in [1.82, 2.24) is 0 Å². The van der Waals surface area contributed by atoms with Crippen LogP contribution in [-0.2, 0) is 31.2 Å². The van der Waals surface area contributed by atoms with E-state index in [1.54, 1.807) is 0 Å². The maximum absolute atomic E-state index is 15.0. The van der Waals surface area contributed by atoms with Gasteiger partial charge >= 0.3 is 5.97 Å². The van der Waals surface area contributed by atoms with E-state index in [9.17, 15) is 9.90 Å². The van der Waals surface area contributed by atoms with E-state index in [4.69, 9.17) is 14.2 Å². The van der Waals surface area contributed by atoms with Crippen LogP contribution in [0, 0.1) is 56.7 Å². The largest absolute Gasteiger partial charge is 0.461 e. The van der Waals surface area contributed by atoms with Gasteiger partial charge in [-0.05, 0) is 101 Å². The Morgan fingerprint density at radius 3 is 1.89 bits per heavy atom. The minimum atomic E-state index is -0.992. The van der Waals surface area contributed by atoms with Crippen molar-refractivity contribution in [2.45, 2.75) is 117 Å². The van der Waals surface area contributed by atoms with Crippen molar-refractivity contribution >= 4 is 5.97 Å². The van der Waals surface area contributed by atoms with Crippen molar-refractivity contribution in [3.63, 3.8) is 0 Å². The van der Waals surface area contributed by atoms with E-state index >= 15 is 0 Å². The molecule has 6 fully saturated rings. The first kappa shape index (κ1) is 41.0. The third-order valence-electron chi connectivity index (χ3n) is 18.9. The van der Waals surface area contributed by atoms with Crippen molar-refractivity contribution in [3.8, 4) is 0 Å². The molecule has 4 aromatic rings. The maximum atomic E-state index is 15.0. The van der Waals surface area contributed by atoms with Crippen LogP contribution in [0.15, 0.2) is 133 Å². The van der Waals surface area contributed by atoms with E-state index in [1.807, 2.05) is 30.3 Å². The summed E-state index contributed by atoms with van der Waals surface area (Å²) in [5.74, 6) is 1.06. The molecule has 3 unspecified atom stereocenters. The second-order valence-electron chi connectivity index (χ2n) is 21.5. The van der Waals surface area contributed by atoms with Gasteiger partial charge in [-0.25, -0.2) is 0 Å². The molecule has 0 aromatic heterocycles. The second-order valence-corrected chi connectivity index (χ2v) is 21.5. The summed E-state index contributed by atoms with van der Waals surface area (Å²) in [7, 11) is 0. The highest BCUT2D eigenvalue weighted by Crippen LogP contribution is 2.85. The Labute approximate surface area is 364 Å². The van der Waals surface area contributed by atoms with Crippen LogP contribution in [0.5, 0.6) is 0 Å². The molecule has 12 atom stereocenters. The van der Waals surface area contributed by atoms with Gasteiger partial charge < -0.3 is 19.3 Å². The van der Waals surface area contributed by atoms with Gasteiger partial charge in [-0.2, -0.15) is 0 Å². The molecule has 11 rings (SSSR count). The molecule has 1 N–H and O–H groups in total. The molecule has 5 heteroatoms. The highest BCUT2D eigenvalue weighted by atomic mass is 16.6. The molecule has 2 bridgehead atoms. The van der Waals surface area contributed by atoms with E-state index < -0.39 is 28.8 Å². The summed E-state index contributed by atoms with van der Waals surface area (Å²) < 4.78 is 21.6. The SMILES string of the molecule is CC(C)[C@@H](C)[C@@]1(C)CC[C@]2(C)[C@H]3CCC4[C@]5(C)COC6(C[C@@]46C3=CC[C@@]2(C)[C@@H]1C(=O)OCc1ccccc1)[C@@H](OC(c1ccccc1)(c1ccccc1)c1ccccc1)C5O. The first-order chi connectivity index (χ1) is 29.2. The minimum absolute atomic E-state index is 0.0397. The average molecular weight is 819 g/mol. The number of allylic oxidation sites excluding steroid dienone is 1. The number of ether oxygens (including phenoxy) is 3. The number of benzene rings is 4. The molecule has 7 aliphatic rings. The van der Waals surface area contributed by atoms with Gasteiger partial charge in [0.1, 0.15) is 23.9 Å². The summed E-state index contributed by atoms with van der Waals surface area (Å²) in [6, 6.07) is 41.8. The fraction of sp³-hybridized carbons (Fsp3) is 0.518. The molecule has 5 nitrogen and oxygen atoms in total. The fourth-order valence-corrected chi connectivity index (χ4v) is 15.1. The standard InChI is InChI=1S/C56H66O5/c1-37(2)38(3)50(4)32-33-52(6)43-28-29-45-51(5)36-60-55(35-54(45,55)44(43)30-31-53(52,7)46(50)49(58)59-34-39-20-12-8-13-21-39)48(47(51)57)61-56(40-22-14-9-15-23-40,41-24-16-10-17-25-41)42-26-18-11-19-27-42/h8-27,30,37-38,43,45-48,57H,28-29,31-36H2,1-7H3/t38-,43+,45?,46-,47?,48+,50-,51+,52-,53+,54-,55?/m1/s1. The van der Waals surface area contributed by atoms with Crippen LogP contribution in [0.1, 0.15) is 109 Å². The second kappa shape index (κ2) is 14.2. The normalized spacial score (nSPS) is 38.9. The van der Waals surface area contributed by atoms with Crippen molar-refractivity contribution in [1.29, 1.82) is 0 Å². The van der Waals surface area contributed by atoms with Crippen molar-refractivity contribution in [2.24, 2.45) is 56.7 Å². The van der Waals surface area contributed by atoms with Crippen LogP contribution in [0.25, 0.3) is 0 Å². The first-order valence-corrected chi connectivity index (χ1v) is 23.3. The van der Waals surface area contributed by atoms with Gasteiger partial charge in [-0.15, -0.1) is 0 Å². The fourth-order valence-electron chi connectivity index (χ4n) is 15.1. The molecule has 320 valence electrons. The summed E-state index contributed by atoms with van der Waals surface area (Å²) in [5.41, 5.74) is 2.57. The highest BCUT2D eigenvalue weighted by molar-refractivity contribution is 5.75. The lowest BCUT2D eigenvalue weighted by Gasteiger charge is -2.69. The lowest BCUT2D eigenvalue weighted by molar-refractivity contribution is -0.309. The number of rotatable bonds is 10. The Morgan fingerprint density at radius 1 is 0.770 bits per heavy atom. The number of carbonyl (C=O) groups excluding carboxylic acids is 1. The predicted octanol–water partition coefficient (Wildman–Crippen LogP) is 11.7. The van der Waals surface area contributed by atoms with Gasteiger partial charge in [0, 0.05) is 10.8 Å². The molecule has 61 heavy (non-hydrogen) atoms.